The summed E-state index contributed by atoms with van der Waals surface area (Å²) in [5, 5.41) is 23.2. The molecule has 0 bridgehead atoms. The van der Waals surface area contributed by atoms with Crippen molar-refractivity contribution < 1.29 is 24.3 Å². The summed E-state index contributed by atoms with van der Waals surface area (Å²) >= 11 is 0. The van der Waals surface area contributed by atoms with Crippen LogP contribution in [0.2, 0.25) is 0 Å². The quantitative estimate of drug-likeness (QED) is 0.417. The number of amides is 1. The summed E-state index contributed by atoms with van der Waals surface area (Å²) in [6, 6.07) is 1.28. The number of hydrogen-bond donors (Lipinski definition) is 2. The Morgan fingerprint density at radius 3 is 2.70 bits per heavy atom. The second-order valence-electron chi connectivity index (χ2n) is 7.14. The number of nitro groups is 1. The molecule has 1 aromatic heterocycles. The molecule has 0 saturated carbocycles. The van der Waals surface area contributed by atoms with Crippen LogP contribution >= 0.6 is 0 Å². The molecule has 27 heavy (non-hydrogen) atoms. The highest BCUT2D eigenvalue weighted by atomic mass is 16.7. The van der Waals surface area contributed by atoms with Gasteiger partial charge in [0.15, 0.2) is 6.29 Å². The van der Waals surface area contributed by atoms with E-state index in [0.29, 0.717) is 25.2 Å². The Bertz CT molecular complexity index is 679. The molecule has 2 unspecified atom stereocenters. The summed E-state index contributed by atoms with van der Waals surface area (Å²) in [6.45, 7) is 4.77. The number of nitrogens with zero attached hydrogens (tertiary/aromatic N) is 3. The van der Waals surface area contributed by atoms with Crippen molar-refractivity contribution in [3.05, 3.63) is 28.6 Å². The molecule has 1 saturated heterocycles. The Morgan fingerprint density at radius 1 is 1.48 bits per heavy atom. The first-order chi connectivity index (χ1) is 12.7. The lowest BCUT2D eigenvalue weighted by molar-refractivity contribution is -0.384. The highest BCUT2D eigenvalue weighted by molar-refractivity contribution is 5.65. The second-order valence-corrected chi connectivity index (χ2v) is 7.14. The molecule has 2 rings (SSSR count). The molecule has 1 aliphatic heterocycles. The molecule has 0 aromatic carbocycles. The fourth-order valence-corrected chi connectivity index (χ4v) is 3.92. The second kappa shape index (κ2) is 8.49. The minimum Gasteiger partial charge on any atom is -0.465 e. The van der Waals surface area contributed by atoms with Crippen LogP contribution in [0.25, 0.3) is 0 Å². The van der Waals surface area contributed by atoms with Crippen molar-refractivity contribution in [1.82, 2.24) is 10.3 Å². The number of aromatic nitrogens is 1. The first kappa shape index (κ1) is 20.8. The van der Waals surface area contributed by atoms with Crippen LogP contribution < -0.4 is 10.2 Å². The Labute approximate surface area is 157 Å². The Hall–Kier alpha value is -2.46. The van der Waals surface area contributed by atoms with E-state index in [1.165, 1.54) is 26.6 Å². The zero-order valence-electron chi connectivity index (χ0n) is 15.9. The van der Waals surface area contributed by atoms with Crippen LogP contribution in [-0.4, -0.2) is 60.7 Å². The average molecular weight is 382 g/mol. The van der Waals surface area contributed by atoms with E-state index in [2.05, 4.69) is 10.3 Å². The number of methoxy groups -OCH3 is 2. The van der Waals surface area contributed by atoms with E-state index in [4.69, 9.17) is 9.47 Å². The number of hydrogen-bond acceptors (Lipinski definition) is 7. The van der Waals surface area contributed by atoms with Crippen LogP contribution in [0, 0.1) is 21.4 Å². The Balaban J connectivity index is 2.37. The van der Waals surface area contributed by atoms with E-state index in [-0.39, 0.29) is 17.6 Å². The zero-order valence-corrected chi connectivity index (χ0v) is 15.9. The van der Waals surface area contributed by atoms with Crippen LogP contribution in [0.15, 0.2) is 18.5 Å². The number of ether oxygens (including phenoxy) is 2. The van der Waals surface area contributed by atoms with E-state index in [9.17, 15) is 20.0 Å². The highest BCUT2D eigenvalue weighted by Gasteiger charge is 2.46. The number of carbonyl (C=O) groups is 1. The molecular formula is C17H26N4O6. The van der Waals surface area contributed by atoms with Crippen LogP contribution in [0.5, 0.6) is 0 Å². The van der Waals surface area contributed by atoms with Gasteiger partial charge in [0.25, 0.3) is 0 Å². The first-order valence-corrected chi connectivity index (χ1v) is 8.60. The predicted octanol–water partition coefficient (Wildman–Crippen LogP) is 2.10. The van der Waals surface area contributed by atoms with Gasteiger partial charge in [0, 0.05) is 50.9 Å². The van der Waals surface area contributed by atoms with Crippen LogP contribution in [0.4, 0.5) is 16.2 Å². The molecule has 1 aromatic rings. The topological polar surface area (TPSA) is 127 Å². The van der Waals surface area contributed by atoms with Gasteiger partial charge >= 0.3 is 11.8 Å². The van der Waals surface area contributed by atoms with Gasteiger partial charge in [-0.1, -0.05) is 13.8 Å². The number of nitrogens with one attached hydrogen (secondary N) is 1. The molecule has 10 heteroatoms. The lowest BCUT2D eigenvalue weighted by atomic mass is 9.71. The molecule has 10 nitrogen and oxygen atoms in total. The number of piperidine rings is 1. The van der Waals surface area contributed by atoms with Crippen molar-refractivity contribution in [1.29, 1.82) is 0 Å². The van der Waals surface area contributed by atoms with Gasteiger partial charge < -0.3 is 24.8 Å². The van der Waals surface area contributed by atoms with Crippen molar-refractivity contribution in [3.63, 3.8) is 0 Å². The van der Waals surface area contributed by atoms with E-state index < -0.39 is 22.7 Å². The maximum absolute atomic E-state index is 11.4. The predicted molar refractivity (Wildman–Crippen MR) is 97.7 cm³/mol. The summed E-state index contributed by atoms with van der Waals surface area (Å²) < 4.78 is 10.9. The summed E-state index contributed by atoms with van der Waals surface area (Å²) in [7, 11) is 3.06. The van der Waals surface area contributed by atoms with Gasteiger partial charge in [-0.2, -0.15) is 0 Å². The number of pyridine rings is 1. The van der Waals surface area contributed by atoms with Gasteiger partial charge in [0.2, 0.25) is 0 Å². The van der Waals surface area contributed by atoms with Gasteiger partial charge in [0.05, 0.1) is 4.92 Å². The molecule has 1 aliphatic rings. The maximum Gasteiger partial charge on any atom is 0.404 e. The summed E-state index contributed by atoms with van der Waals surface area (Å²) in [6.07, 6.45) is 1.57. The zero-order chi connectivity index (χ0) is 20.2. The van der Waals surface area contributed by atoms with Crippen LogP contribution in [-0.2, 0) is 9.47 Å². The normalized spacial score (nSPS) is 20.6. The minimum atomic E-state index is -1.10. The van der Waals surface area contributed by atoms with Gasteiger partial charge in [-0.05, 0) is 12.5 Å². The molecule has 0 spiro atoms. The van der Waals surface area contributed by atoms with Crippen molar-refractivity contribution in [2.45, 2.75) is 32.6 Å². The van der Waals surface area contributed by atoms with E-state index in [1.807, 2.05) is 18.7 Å². The third-order valence-corrected chi connectivity index (χ3v) is 5.23. The first-order valence-electron chi connectivity index (χ1n) is 8.60. The SMILES string of the molecule is COC(OC)C(C)(C)C1CN(c2ccncc2[N+](=O)[O-])CCC1NC(=O)O. The molecule has 0 radical (unpaired) electrons. The third-order valence-electron chi connectivity index (χ3n) is 5.23. The van der Waals surface area contributed by atoms with Gasteiger partial charge in [-0.25, -0.2) is 4.79 Å². The standard InChI is InChI=1S/C17H26N4O6/c1-17(2,15(26-3)27-4)11-10-20(8-6-12(11)19-16(22)23)13-5-7-18-9-14(13)21(24)25/h5,7,9,11-12,15,19H,6,8,10H2,1-4H3,(H,22,23). The van der Waals surface area contributed by atoms with Gasteiger partial charge in [-0.15, -0.1) is 0 Å². The fourth-order valence-electron chi connectivity index (χ4n) is 3.92. The molecule has 0 aliphatic carbocycles. The van der Waals surface area contributed by atoms with Gasteiger partial charge in [-0.3, -0.25) is 15.1 Å². The lowest BCUT2D eigenvalue weighted by Crippen LogP contribution is -2.58. The molecule has 2 heterocycles. The van der Waals surface area contributed by atoms with Crippen molar-refractivity contribution >= 4 is 17.5 Å². The van der Waals surface area contributed by atoms with Crippen LogP contribution in [0.1, 0.15) is 20.3 Å². The molecule has 2 N–H and O–H groups in total. The van der Waals surface area contributed by atoms with E-state index >= 15 is 0 Å². The molecule has 1 amide bonds. The van der Waals surface area contributed by atoms with E-state index in [0.717, 1.165) is 0 Å². The number of carboxylic acid groups (broad SMARTS) is 1. The summed E-state index contributed by atoms with van der Waals surface area (Å²) in [5.41, 5.74) is -0.165. The Kier molecular flexibility index (Phi) is 6.55. The number of anilines is 1. The van der Waals surface area contributed by atoms with Crippen LogP contribution in [0.3, 0.4) is 0 Å². The number of rotatable bonds is 7. The Morgan fingerprint density at radius 2 is 2.15 bits per heavy atom. The van der Waals surface area contributed by atoms with E-state index in [1.54, 1.807) is 6.07 Å². The van der Waals surface area contributed by atoms with Gasteiger partial charge in [0.1, 0.15) is 11.9 Å². The largest absolute Gasteiger partial charge is 0.465 e. The molecular weight excluding hydrogens is 356 g/mol. The highest BCUT2D eigenvalue weighted by Crippen LogP contribution is 2.41. The molecule has 1 fully saturated rings. The molecule has 150 valence electrons. The average Bonchev–Trinajstić information content (AvgIpc) is 2.62. The smallest absolute Gasteiger partial charge is 0.404 e. The monoisotopic (exact) mass is 382 g/mol. The fraction of sp³-hybridized carbons (Fsp3) is 0.647. The van der Waals surface area contributed by atoms with Crippen molar-refractivity contribution in [2.75, 3.05) is 32.2 Å². The maximum atomic E-state index is 11.4. The molecule has 2 atom stereocenters. The van der Waals surface area contributed by atoms with Crippen molar-refractivity contribution in [3.8, 4) is 0 Å². The van der Waals surface area contributed by atoms with Crippen molar-refractivity contribution in [2.24, 2.45) is 11.3 Å². The summed E-state index contributed by atoms with van der Waals surface area (Å²) in [4.78, 5) is 27.9. The minimum absolute atomic E-state index is 0.0752. The lowest BCUT2D eigenvalue weighted by Gasteiger charge is -2.48. The third kappa shape index (κ3) is 4.45. The summed E-state index contributed by atoms with van der Waals surface area (Å²) in [5.74, 6) is -0.208.